The molecule has 0 aliphatic carbocycles. The molecule has 0 amide bonds. The molecule has 0 unspecified atom stereocenters. The quantitative estimate of drug-likeness (QED) is 0.817. The molecule has 4 heteroatoms. The highest BCUT2D eigenvalue weighted by molar-refractivity contribution is 5.54. The van der Waals surface area contributed by atoms with Gasteiger partial charge in [0.15, 0.2) is 0 Å². The molecule has 1 fully saturated rings. The van der Waals surface area contributed by atoms with Crippen molar-refractivity contribution in [3.63, 3.8) is 0 Å². The zero-order valence-corrected chi connectivity index (χ0v) is 12.1. The average Bonchev–Trinajstić information content (AvgIpc) is 2.41. The Balaban J connectivity index is 1.75. The van der Waals surface area contributed by atoms with Gasteiger partial charge in [-0.15, -0.1) is 0 Å². The van der Waals surface area contributed by atoms with Crippen molar-refractivity contribution < 1.29 is 4.74 Å². The highest BCUT2D eigenvalue weighted by Gasteiger charge is 2.12. The molecule has 1 aliphatic rings. The van der Waals surface area contributed by atoms with E-state index in [0.717, 1.165) is 17.9 Å². The Bertz CT molecular complexity index is 400. The second-order valence-electron chi connectivity index (χ2n) is 5.32. The van der Waals surface area contributed by atoms with Gasteiger partial charge in [-0.1, -0.05) is 6.07 Å². The molecular weight excluding hydrogens is 238 g/mol. The Morgan fingerprint density at radius 1 is 1.21 bits per heavy atom. The van der Waals surface area contributed by atoms with Crippen LogP contribution in [0, 0.1) is 0 Å². The fourth-order valence-corrected chi connectivity index (χ4v) is 2.52. The summed E-state index contributed by atoms with van der Waals surface area (Å²) >= 11 is 0. The van der Waals surface area contributed by atoms with Gasteiger partial charge in [0, 0.05) is 26.2 Å². The monoisotopic (exact) mass is 263 g/mol. The summed E-state index contributed by atoms with van der Waals surface area (Å²) in [5, 5.41) is 0. The van der Waals surface area contributed by atoms with E-state index in [1.165, 1.54) is 44.7 Å². The van der Waals surface area contributed by atoms with E-state index in [1.807, 2.05) is 12.1 Å². The summed E-state index contributed by atoms with van der Waals surface area (Å²) < 4.78 is 5.17. The maximum atomic E-state index is 5.92. The van der Waals surface area contributed by atoms with E-state index in [9.17, 15) is 0 Å². The summed E-state index contributed by atoms with van der Waals surface area (Å²) in [6, 6.07) is 6.10. The lowest BCUT2D eigenvalue weighted by Crippen LogP contribution is -2.44. The third-order valence-corrected chi connectivity index (χ3v) is 3.83. The minimum absolute atomic E-state index is 0.736. The van der Waals surface area contributed by atoms with Crippen molar-refractivity contribution >= 4 is 5.69 Å². The zero-order valence-electron chi connectivity index (χ0n) is 12.1. The molecule has 1 saturated heterocycles. The number of piperazine rings is 1. The Morgan fingerprint density at radius 3 is 2.58 bits per heavy atom. The summed E-state index contributed by atoms with van der Waals surface area (Å²) in [4.78, 5) is 4.94. The zero-order chi connectivity index (χ0) is 13.7. The van der Waals surface area contributed by atoms with Gasteiger partial charge in [0.05, 0.1) is 12.8 Å². The normalized spacial score (nSPS) is 17.6. The van der Waals surface area contributed by atoms with Gasteiger partial charge in [0.1, 0.15) is 5.75 Å². The molecule has 106 valence electrons. The average molecular weight is 263 g/mol. The SMILES string of the molecule is COc1ccc(CCCN2CCN(C)CC2)cc1N. The van der Waals surface area contributed by atoms with E-state index in [0.29, 0.717) is 0 Å². The van der Waals surface area contributed by atoms with Gasteiger partial charge in [-0.3, -0.25) is 0 Å². The smallest absolute Gasteiger partial charge is 0.141 e. The number of hydrogen-bond donors (Lipinski definition) is 1. The van der Waals surface area contributed by atoms with Crippen LogP contribution in [0.1, 0.15) is 12.0 Å². The Morgan fingerprint density at radius 2 is 1.95 bits per heavy atom. The highest BCUT2D eigenvalue weighted by atomic mass is 16.5. The van der Waals surface area contributed by atoms with Crippen LogP contribution in [-0.4, -0.2) is 56.7 Å². The molecule has 0 saturated carbocycles. The van der Waals surface area contributed by atoms with Gasteiger partial charge in [-0.05, 0) is 44.1 Å². The minimum atomic E-state index is 0.736. The van der Waals surface area contributed by atoms with Crippen LogP contribution in [0.25, 0.3) is 0 Å². The molecule has 2 N–H and O–H groups in total. The Labute approximate surface area is 116 Å². The van der Waals surface area contributed by atoms with Crippen molar-refractivity contribution in [1.82, 2.24) is 9.80 Å². The van der Waals surface area contributed by atoms with Gasteiger partial charge in [-0.25, -0.2) is 0 Å². The number of methoxy groups -OCH3 is 1. The summed E-state index contributed by atoms with van der Waals surface area (Å²) in [5.74, 6) is 0.766. The third-order valence-electron chi connectivity index (χ3n) is 3.83. The molecule has 4 nitrogen and oxygen atoms in total. The number of benzene rings is 1. The minimum Gasteiger partial charge on any atom is -0.495 e. The molecule has 0 radical (unpaired) electrons. The molecule has 19 heavy (non-hydrogen) atoms. The summed E-state index contributed by atoms with van der Waals surface area (Å²) in [6.45, 7) is 5.95. The fourth-order valence-electron chi connectivity index (χ4n) is 2.52. The van der Waals surface area contributed by atoms with Crippen LogP contribution in [0.2, 0.25) is 0 Å². The standard InChI is InChI=1S/C15H25N3O/c1-17-8-10-18(11-9-17)7-3-4-13-5-6-15(19-2)14(16)12-13/h5-6,12H,3-4,7-11,16H2,1-2H3. The molecule has 0 atom stereocenters. The number of anilines is 1. The summed E-state index contributed by atoms with van der Waals surface area (Å²) in [6.07, 6.45) is 2.27. The molecule has 0 bridgehead atoms. The molecule has 1 aliphatic heterocycles. The molecule has 1 heterocycles. The van der Waals surface area contributed by atoms with Crippen LogP contribution in [0.15, 0.2) is 18.2 Å². The second kappa shape index (κ2) is 6.78. The lowest BCUT2D eigenvalue weighted by atomic mass is 10.1. The number of hydrogen-bond acceptors (Lipinski definition) is 4. The highest BCUT2D eigenvalue weighted by Crippen LogP contribution is 2.22. The maximum Gasteiger partial charge on any atom is 0.141 e. The number of likely N-dealkylation sites (N-methyl/N-ethyl adjacent to an activating group) is 1. The lowest BCUT2D eigenvalue weighted by molar-refractivity contribution is 0.153. The van der Waals surface area contributed by atoms with Crippen LogP contribution < -0.4 is 10.5 Å². The number of rotatable bonds is 5. The first-order valence-electron chi connectivity index (χ1n) is 7.02. The molecule has 2 rings (SSSR count). The van der Waals surface area contributed by atoms with Crippen molar-refractivity contribution in [3.8, 4) is 5.75 Å². The van der Waals surface area contributed by atoms with E-state index in [1.54, 1.807) is 7.11 Å². The van der Waals surface area contributed by atoms with Crippen LogP contribution in [0.3, 0.4) is 0 Å². The van der Waals surface area contributed by atoms with Crippen molar-refractivity contribution in [2.45, 2.75) is 12.8 Å². The molecular formula is C15H25N3O. The number of nitrogens with two attached hydrogens (primary N) is 1. The first kappa shape index (κ1) is 14.2. The van der Waals surface area contributed by atoms with Gasteiger partial charge in [-0.2, -0.15) is 0 Å². The van der Waals surface area contributed by atoms with Gasteiger partial charge in [0.25, 0.3) is 0 Å². The molecule has 0 spiro atoms. The Hall–Kier alpha value is -1.26. The van der Waals surface area contributed by atoms with Crippen molar-refractivity contribution in [3.05, 3.63) is 23.8 Å². The Kier molecular flexibility index (Phi) is 5.05. The van der Waals surface area contributed by atoms with Crippen LogP contribution >= 0.6 is 0 Å². The maximum absolute atomic E-state index is 5.92. The van der Waals surface area contributed by atoms with Gasteiger partial charge < -0.3 is 20.3 Å². The molecule has 1 aromatic rings. The third kappa shape index (κ3) is 4.11. The van der Waals surface area contributed by atoms with Crippen LogP contribution in [0.5, 0.6) is 5.75 Å². The topological polar surface area (TPSA) is 41.7 Å². The van der Waals surface area contributed by atoms with Gasteiger partial charge in [0.2, 0.25) is 0 Å². The van der Waals surface area contributed by atoms with E-state index in [-0.39, 0.29) is 0 Å². The van der Waals surface area contributed by atoms with Crippen LogP contribution in [0.4, 0.5) is 5.69 Å². The number of aryl methyl sites for hydroxylation is 1. The van der Waals surface area contributed by atoms with E-state index in [4.69, 9.17) is 10.5 Å². The van der Waals surface area contributed by atoms with E-state index < -0.39 is 0 Å². The van der Waals surface area contributed by atoms with E-state index in [2.05, 4.69) is 22.9 Å². The van der Waals surface area contributed by atoms with E-state index >= 15 is 0 Å². The van der Waals surface area contributed by atoms with Crippen molar-refractivity contribution in [2.75, 3.05) is 52.6 Å². The molecule has 1 aromatic carbocycles. The first-order chi connectivity index (χ1) is 9.19. The van der Waals surface area contributed by atoms with Crippen molar-refractivity contribution in [1.29, 1.82) is 0 Å². The first-order valence-corrected chi connectivity index (χ1v) is 7.02. The predicted molar refractivity (Wildman–Crippen MR) is 79.7 cm³/mol. The van der Waals surface area contributed by atoms with Crippen LogP contribution in [-0.2, 0) is 6.42 Å². The largest absolute Gasteiger partial charge is 0.495 e. The molecule has 0 aromatic heterocycles. The van der Waals surface area contributed by atoms with Crippen molar-refractivity contribution in [2.24, 2.45) is 0 Å². The fraction of sp³-hybridized carbons (Fsp3) is 0.600. The predicted octanol–water partition coefficient (Wildman–Crippen LogP) is 1.46. The second-order valence-corrected chi connectivity index (χ2v) is 5.32. The summed E-state index contributed by atoms with van der Waals surface area (Å²) in [7, 11) is 3.84. The van der Waals surface area contributed by atoms with Gasteiger partial charge >= 0.3 is 0 Å². The number of ether oxygens (including phenoxy) is 1. The summed E-state index contributed by atoms with van der Waals surface area (Å²) in [5.41, 5.74) is 7.96. The number of nitrogen functional groups attached to an aromatic ring is 1. The number of nitrogens with zero attached hydrogens (tertiary/aromatic N) is 2. The lowest BCUT2D eigenvalue weighted by Gasteiger charge is -2.32.